The number of imidazole rings is 1. The number of hydrogen-bond donors (Lipinski definition) is 0. The Morgan fingerprint density at radius 1 is 1.53 bits per heavy atom. The normalized spacial score (nSPS) is 10.8. The standard InChI is InChI=1S/C10H13N3S2/c1-3-13-5-4-11-10(13)15-7-9-6-14-8(2)12-9/h4-6H,3,7H2,1-2H3. The van der Waals surface area contributed by atoms with Crippen LogP contribution in [0.4, 0.5) is 0 Å². The van der Waals surface area contributed by atoms with E-state index in [2.05, 4.69) is 26.8 Å². The van der Waals surface area contributed by atoms with Crippen molar-refractivity contribution in [2.45, 2.75) is 31.3 Å². The molecule has 0 aliphatic carbocycles. The topological polar surface area (TPSA) is 30.7 Å². The molecule has 0 aromatic carbocycles. The molecule has 80 valence electrons. The molecular weight excluding hydrogens is 226 g/mol. The lowest BCUT2D eigenvalue weighted by molar-refractivity contribution is 0.681. The Bertz CT molecular complexity index is 433. The minimum absolute atomic E-state index is 0.904. The summed E-state index contributed by atoms with van der Waals surface area (Å²) in [7, 11) is 0. The first-order chi connectivity index (χ1) is 7.29. The fourth-order valence-corrected chi connectivity index (χ4v) is 2.92. The molecule has 0 unspecified atom stereocenters. The van der Waals surface area contributed by atoms with E-state index < -0.39 is 0 Å². The molecule has 2 aromatic rings. The lowest BCUT2D eigenvalue weighted by atomic mass is 10.6. The number of aromatic nitrogens is 3. The van der Waals surface area contributed by atoms with E-state index in [9.17, 15) is 0 Å². The zero-order chi connectivity index (χ0) is 10.7. The zero-order valence-electron chi connectivity index (χ0n) is 8.80. The fraction of sp³-hybridized carbons (Fsp3) is 0.400. The van der Waals surface area contributed by atoms with Crippen LogP contribution in [-0.2, 0) is 12.3 Å². The van der Waals surface area contributed by atoms with Gasteiger partial charge in [-0.3, -0.25) is 0 Å². The average Bonchev–Trinajstić information content (AvgIpc) is 2.83. The minimum atomic E-state index is 0.904. The van der Waals surface area contributed by atoms with Gasteiger partial charge in [0, 0.05) is 30.1 Å². The van der Waals surface area contributed by atoms with E-state index in [1.54, 1.807) is 23.1 Å². The summed E-state index contributed by atoms with van der Waals surface area (Å²) in [5.41, 5.74) is 1.15. The SMILES string of the molecule is CCn1ccnc1SCc1csc(C)n1. The molecule has 5 heteroatoms. The summed E-state index contributed by atoms with van der Waals surface area (Å²) in [5, 5.41) is 4.31. The van der Waals surface area contributed by atoms with Gasteiger partial charge in [0.05, 0.1) is 10.7 Å². The molecule has 0 bridgehead atoms. The third kappa shape index (κ3) is 2.60. The summed E-state index contributed by atoms with van der Waals surface area (Å²) < 4.78 is 2.14. The van der Waals surface area contributed by atoms with Crippen molar-refractivity contribution < 1.29 is 0 Å². The van der Waals surface area contributed by atoms with Crippen LogP contribution in [0.2, 0.25) is 0 Å². The first-order valence-electron chi connectivity index (χ1n) is 4.84. The third-order valence-corrected chi connectivity index (χ3v) is 3.89. The van der Waals surface area contributed by atoms with E-state index >= 15 is 0 Å². The first-order valence-corrected chi connectivity index (χ1v) is 6.71. The lowest BCUT2D eigenvalue weighted by Crippen LogP contribution is -1.94. The van der Waals surface area contributed by atoms with Crippen molar-refractivity contribution in [1.29, 1.82) is 0 Å². The van der Waals surface area contributed by atoms with E-state index in [0.29, 0.717) is 0 Å². The molecule has 0 spiro atoms. The van der Waals surface area contributed by atoms with E-state index in [1.807, 2.05) is 19.3 Å². The highest BCUT2D eigenvalue weighted by molar-refractivity contribution is 7.98. The van der Waals surface area contributed by atoms with Crippen LogP contribution in [0, 0.1) is 6.92 Å². The van der Waals surface area contributed by atoms with Gasteiger partial charge in [0.2, 0.25) is 0 Å². The number of thioether (sulfide) groups is 1. The molecule has 0 aliphatic heterocycles. The molecule has 0 aliphatic rings. The van der Waals surface area contributed by atoms with E-state index in [4.69, 9.17) is 0 Å². The van der Waals surface area contributed by atoms with Gasteiger partial charge in [-0.25, -0.2) is 9.97 Å². The molecule has 0 radical (unpaired) electrons. The number of rotatable bonds is 4. The van der Waals surface area contributed by atoms with Crippen LogP contribution in [0.15, 0.2) is 22.9 Å². The van der Waals surface area contributed by atoms with Crippen LogP contribution in [0.3, 0.4) is 0 Å². The maximum atomic E-state index is 4.43. The maximum absolute atomic E-state index is 4.43. The number of hydrogen-bond acceptors (Lipinski definition) is 4. The van der Waals surface area contributed by atoms with Crippen LogP contribution in [-0.4, -0.2) is 14.5 Å². The number of aryl methyl sites for hydroxylation is 2. The van der Waals surface area contributed by atoms with Gasteiger partial charge in [0.1, 0.15) is 0 Å². The summed E-state index contributed by atoms with van der Waals surface area (Å²) in [6, 6.07) is 0. The highest BCUT2D eigenvalue weighted by atomic mass is 32.2. The predicted molar refractivity (Wildman–Crippen MR) is 64.3 cm³/mol. The fourth-order valence-electron chi connectivity index (χ4n) is 1.29. The zero-order valence-corrected chi connectivity index (χ0v) is 10.4. The Hall–Kier alpha value is -0.810. The van der Waals surface area contributed by atoms with Crippen LogP contribution < -0.4 is 0 Å². The number of nitrogens with zero attached hydrogens (tertiary/aromatic N) is 3. The Morgan fingerprint density at radius 2 is 2.40 bits per heavy atom. The molecular formula is C10H13N3S2. The maximum Gasteiger partial charge on any atom is 0.168 e. The van der Waals surface area contributed by atoms with Crippen molar-refractivity contribution in [1.82, 2.24) is 14.5 Å². The van der Waals surface area contributed by atoms with E-state index in [-0.39, 0.29) is 0 Å². The molecule has 2 rings (SSSR count). The van der Waals surface area contributed by atoms with Gasteiger partial charge >= 0.3 is 0 Å². The number of thiazole rings is 1. The van der Waals surface area contributed by atoms with Crippen molar-refractivity contribution in [3.05, 3.63) is 28.5 Å². The molecule has 0 N–H and O–H groups in total. The van der Waals surface area contributed by atoms with Crippen LogP contribution in [0.25, 0.3) is 0 Å². The minimum Gasteiger partial charge on any atom is -0.326 e. The van der Waals surface area contributed by atoms with Gasteiger partial charge in [0.15, 0.2) is 5.16 Å². The summed E-state index contributed by atoms with van der Waals surface area (Å²) in [4.78, 5) is 8.74. The summed E-state index contributed by atoms with van der Waals surface area (Å²) in [6.07, 6.45) is 3.85. The molecule has 0 amide bonds. The molecule has 15 heavy (non-hydrogen) atoms. The highest BCUT2D eigenvalue weighted by Gasteiger charge is 2.04. The summed E-state index contributed by atoms with van der Waals surface area (Å²) in [6.45, 7) is 5.13. The summed E-state index contributed by atoms with van der Waals surface area (Å²) in [5.74, 6) is 0.904. The molecule has 3 nitrogen and oxygen atoms in total. The van der Waals surface area contributed by atoms with Gasteiger partial charge in [-0.05, 0) is 13.8 Å². The quantitative estimate of drug-likeness (QED) is 0.769. The second-order valence-corrected chi connectivity index (χ2v) is 5.15. The Kier molecular flexibility index (Phi) is 3.43. The second kappa shape index (κ2) is 4.81. The third-order valence-electron chi connectivity index (χ3n) is 2.03. The van der Waals surface area contributed by atoms with Gasteiger partial charge in [-0.2, -0.15) is 0 Å². The second-order valence-electron chi connectivity index (χ2n) is 3.14. The highest BCUT2D eigenvalue weighted by Crippen LogP contribution is 2.21. The van der Waals surface area contributed by atoms with E-state index in [1.165, 1.54) is 0 Å². The first kappa shape index (κ1) is 10.7. The van der Waals surface area contributed by atoms with E-state index in [0.717, 1.165) is 28.2 Å². The Balaban J connectivity index is 1.98. The molecule has 0 saturated heterocycles. The van der Waals surface area contributed by atoms with Gasteiger partial charge < -0.3 is 4.57 Å². The molecule has 0 fully saturated rings. The van der Waals surface area contributed by atoms with Crippen molar-refractivity contribution in [3.8, 4) is 0 Å². The van der Waals surface area contributed by atoms with Gasteiger partial charge in [-0.15, -0.1) is 11.3 Å². The van der Waals surface area contributed by atoms with Crippen molar-refractivity contribution in [3.63, 3.8) is 0 Å². The average molecular weight is 239 g/mol. The van der Waals surface area contributed by atoms with Crippen LogP contribution >= 0.6 is 23.1 Å². The Labute approximate surface area is 97.6 Å². The molecule has 0 saturated carbocycles. The van der Waals surface area contributed by atoms with Crippen molar-refractivity contribution in [2.75, 3.05) is 0 Å². The monoisotopic (exact) mass is 239 g/mol. The van der Waals surface area contributed by atoms with Gasteiger partial charge in [0.25, 0.3) is 0 Å². The van der Waals surface area contributed by atoms with Gasteiger partial charge in [-0.1, -0.05) is 11.8 Å². The molecule has 2 heterocycles. The largest absolute Gasteiger partial charge is 0.326 e. The molecule has 0 atom stereocenters. The smallest absolute Gasteiger partial charge is 0.168 e. The lowest BCUT2D eigenvalue weighted by Gasteiger charge is -2.02. The van der Waals surface area contributed by atoms with Crippen molar-refractivity contribution >= 4 is 23.1 Å². The van der Waals surface area contributed by atoms with Crippen molar-refractivity contribution in [2.24, 2.45) is 0 Å². The Morgan fingerprint density at radius 3 is 3.07 bits per heavy atom. The van der Waals surface area contributed by atoms with Crippen LogP contribution in [0.1, 0.15) is 17.6 Å². The molecule has 2 aromatic heterocycles. The summed E-state index contributed by atoms with van der Waals surface area (Å²) >= 11 is 3.44. The van der Waals surface area contributed by atoms with Crippen LogP contribution in [0.5, 0.6) is 0 Å². The predicted octanol–water partition coefficient (Wildman–Crippen LogP) is 2.96.